The van der Waals surface area contributed by atoms with E-state index in [2.05, 4.69) is 49.9 Å². The maximum absolute atomic E-state index is 5.56. The van der Waals surface area contributed by atoms with Crippen LogP contribution in [0.2, 0.25) is 0 Å². The van der Waals surface area contributed by atoms with Gasteiger partial charge in [0.1, 0.15) is 0 Å². The van der Waals surface area contributed by atoms with E-state index in [4.69, 9.17) is 4.74 Å². The summed E-state index contributed by atoms with van der Waals surface area (Å²) in [5.74, 6) is 0.636. The number of ether oxygens (including phenoxy) is 1. The van der Waals surface area contributed by atoms with E-state index >= 15 is 0 Å². The van der Waals surface area contributed by atoms with Crippen LogP contribution in [0.25, 0.3) is 0 Å². The zero-order valence-corrected chi connectivity index (χ0v) is 13.1. The molecule has 0 bridgehead atoms. The van der Waals surface area contributed by atoms with E-state index in [0.29, 0.717) is 18.5 Å². The summed E-state index contributed by atoms with van der Waals surface area (Å²) in [6.07, 6.45) is 2.88. The Balaban J connectivity index is 2.54. The fraction of sp³-hybridized carbons (Fsp3) is 0.733. The number of aromatic nitrogens is 2. The molecule has 4 nitrogen and oxygen atoms in total. The standard InChI is InChI=1S/C15H27N3O/c1-11(2)7-8-19-14-16-9-13(12(3)18-14)10-17-15(4,5)6/h9,11,17H,7-8,10H2,1-6H3. The summed E-state index contributed by atoms with van der Waals surface area (Å²) < 4.78 is 5.56. The second-order valence-corrected chi connectivity index (χ2v) is 6.40. The van der Waals surface area contributed by atoms with Crippen LogP contribution in [0.3, 0.4) is 0 Å². The summed E-state index contributed by atoms with van der Waals surface area (Å²) in [6.45, 7) is 14.2. The van der Waals surface area contributed by atoms with Crippen LogP contribution in [0, 0.1) is 12.8 Å². The maximum Gasteiger partial charge on any atom is 0.316 e. The number of hydrogen-bond donors (Lipinski definition) is 1. The van der Waals surface area contributed by atoms with Crippen molar-refractivity contribution in [3.63, 3.8) is 0 Å². The Morgan fingerprint density at radius 2 is 2.00 bits per heavy atom. The summed E-state index contributed by atoms with van der Waals surface area (Å²) >= 11 is 0. The van der Waals surface area contributed by atoms with Crippen molar-refractivity contribution in [3.8, 4) is 6.01 Å². The number of rotatable bonds is 6. The molecule has 0 atom stereocenters. The molecule has 0 aliphatic heterocycles. The lowest BCUT2D eigenvalue weighted by molar-refractivity contribution is 0.267. The molecule has 1 heterocycles. The van der Waals surface area contributed by atoms with Gasteiger partial charge in [0.05, 0.1) is 6.61 Å². The van der Waals surface area contributed by atoms with Crippen molar-refractivity contribution in [3.05, 3.63) is 17.5 Å². The second-order valence-electron chi connectivity index (χ2n) is 6.40. The first-order valence-electron chi connectivity index (χ1n) is 6.98. The zero-order chi connectivity index (χ0) is 14.5. The first-order valence-corrected chi connectivity index (χ1v) is 6.98. The highest BCUT2D eigenvalue weighted by molar-refractivity contribution is 5.17. The quantitative estimate of drug-likeness (QED) is 0.858. The minimum atomic E-state index is 0.0961. The minimum absolute atomic E-state index is 0.0961. The molecule has 0 aromatic carbocycles. The first kappa shape index (κ1) is 15.9. The fourth-order valence-electron chi connectivity index (χ4n) is 1.46. The van der Waals surface area contributed by atoms with Gasteiger partial charge in [-0.05, 0) is 40.0 Å². The summed E-state index contributed by atoms with van der Waals surface area (Å²) in [7, 11) is 0. The van der Waals surface area contributed by atoms with Gasteiger partial charge in [0.15, 0.2) is 0 Å². The Labute approximate surface area is 117 Å². The van der Waals surface area contributed by atoms with Gasteiger partial charge in [-0.25, -0.2) is 9.97 Å². The van der Waals surface area contributed by atoms with Crippen LogP contribution in [0.1, 0.15) is 52.3 Å². The molecular formula is C15H27N3O. The molecule has 0 saturated carbocycles. The van der Waals surface area contributed by atoms with Crippen molar-refractivity contribution in [2.75, 3.05) is 6.61 Å². The fourth-order valence-corrected chi connectivity index (χ4v) is 1.46. The predicted octanol–water partition coefficient (Wildman–Crippen LogP) is 3.10. The van der Waals surface area contributed by atoms with Gasteiger partial charge in [-0.1, -0.05) is 13.8 Å². The Hall–Kier alpha value is -1.16. The highest BCUT2D eigenvalue weighted by Gasteiger charge is 2.11. The number of aryl methyl sites for hydroxylation is 1. The Morgan fingerprint density at radius 3 is 2.53 bits per heavy atom. The van der Waals surface area contributed by atoms with Crippen molar-refractivity contribution < 1.29 is 4.74 Å². The van der Waals surface area contributed by atoms with E-state index in [1.807, 2.05) is 13.1 Å². The summed E-state index contributed by atoms with van der Waals surface area (Å²) in [4.78, 5) is 8.66. The predicted molar refractivity (Wildman–Crippen MR) is 78.3 cm³/mol. The van der Waals surface area contributed by atoms with Gasteiger partial charge in [0.2, 0.25) is 0 Å². The SMILES string of the molecule is Cc1nc(OCCC(C)C)ncc1CNC(C)(C)C. The van der Waals surface area contributed by atoms with Crippen LogP contribution >= 0.6 is 0 Å². The monoisotopic (exact) mass is 265 g/mol. The van der Waals surface area contributed by atoms with E-state index in [9.17, 15) is 0 Å². The van der Waals surface area contributed by atoms with Crippen LogP contribution in [-0.2, 0) is 6.54 Å². The summed E-state index contributed by atoms with van der Waals surface area (Å²) in [5, 5.41) is 3.44. The topological polar surface area (TPSA) is 47.0 Å². The molecule has 1 rings (SSSR count). The van der Waals surface area contributed by atoms with Gasteiger partial charge in [0, 0.05) is 29.5 Å². The molecule has 0 aliphatic rings. The summed E-state index contributed by atoms with van der Waals surface area (Å²) in [6, 6.07) is 0.484. The van der Waals surface area contributed by atoms with Crippen LogP contribution in [0.4, 0.5) is 0 Å². The first-order chi connectivity index (χ1) is 8.78. The van der Waals surface area contributed by atoms with Crippen molar-refractivity contribution in [2.45, 2.75) is 60.0 Å². The lowest BCUT2D eigenvalue weighted by Crippen LogP contribution is -2.35. The maximum atomic E-state index is 5.56. The zero-order valence-electron chi connectivity index (χ0n) is 13.1. The van der Waals surface area contributed by atoms with Crippen molar-refractivity contribution in [1.29, 1.82) is 0 Å². The third-order valence-corrected chi connectivity index (χ3v) is 2.79. The van der Waals surface area contributed by atoms with Gasteiger partial charge < -0.3 is 10.1 Å². The van der Waals surface area contributed by atoms with E-state index in [0.717, 1.165) is 24.2 Å². The molecule has 4 heteroatoms. The third kappa shape index (κ3) is 6.53. The highest BCUT2D eigenvalue weighted by atomic mass is 16.5. The van der Waals surface area contributed by atoms with Gasteiger partial charge in [-0.3, -0.25) is 0 Å². The molecule has 0 radical (unpaired) electrons. The van der Waals surface area contributed by atoms with Crippen molar-refractivity contribution in [1.82, 2.24) is 15.3 Å². The molecule has 1 aromatic rings. The van der Waals surface area contributed by atoms with Gasteiger partial charge in [-0.2, -0.15) is 0 Å². The molecule has 108 valence electrons. The third-order valence-electron chi connectivity index (χ3n) is 2.79. The van der Waals surface area contributed by atoms with E-state index in [-0.39, 0.29) is 5.54 Å². The molecule has 0 aliphatic carbocycles. The number of nitrogens with one attached hydrogen (secondary N) is 1. The Morgan fingerprint density at radius 1 is 1.32 bits per heavy atom. The molecule has 1 N–H and O–H groups in total. The van der Waals surface area contributed by atoms with Crippen molar-refractivity contribution in [2.24, 2.45) is 5.92 Å². The van der Waals surface area contributed by atoms with Crippen molar-refractivity contribution >= 4 is 0 Å². The van der Waals surface area contributed by atoms with E-state index in [1.165, 1.54) is 0 Å². The van der Waals surface area contributed by atoms with Crippen LogP contribution in [-0.4, -0.2) is 22.1 Å². The Bertz CT molecular complexity index is 397. The lowest BCUT2D eigenvalue weighted by Gasteiger charge is -2.21. The minimum Gasteiger partial charge on any atom is -0.463 e. The summed E-state index contributed by atoms with van der Waals surface area (Å²) in [5.41, 5.74) is 2.19. The number of hydrogen-bond acceptors (Lipinski definition) is 4. The average molecular weight is 265 g/mol. The van der Waals surface area contributed by atoms with E-state index < -0.39 is 0 Å². The van der Waals surface area contributed by atoms with Crippen LogP contribution < -0.4 is 10.1 Å². The lowest BCUT2D eigenvalue weighted by atomic mass is 10.1. The van der Waals surface area contributed by atoms with Crippen LogP contribution in [0.15, 0.2) is 6.20 Å². The van der Waals surface area contributed by atoms with Gasteiger partial charge in [0.25, 0.3) is 0 Å². The number of nitrogens with zero attached hydrogens (tertiary/aromatic N) is 2. The average Bonchev–Trinajstić information content (AvgIpc) is 2.26. The van der Waals surface area contributed by atoms with Gasteiger partial charge >= 0.3 is 6.01 Å². The van der Waals surface area contributed by atoms with E-state index in [1.54, 1.807) is 0 Å². The molecule has 0 unspecified atom stereocenters. The second kappa shape index (κ2) is 6.85. The molecular weight excluding hydrogens is 238 g/mol. The highest BCUT2D eigenvalue weighted by Crippen LogP contribution is 2.11. The molecule has 0 saturated heterocycles. The normalized spacial score (nSPS) is 11.9. The largest absolute Gasteiger partial charge is 0.463 e. The molecule has 0 fully saturated rings. The smallest absolute Gasteiger partial charge is 0.316 e. The molecule has 1 aromatic heterocycles. The molecule has 19 heavy (non-hydrogen) atoms. The van der Waals surface area contributed by atoms with Crippen LogP contribution in [0.5, 0.6) is 6.01 Å². The molecule has 0 spiro atoms. The Kier molecular flexibility index (Phi) is 5.73. The van der Waals surface area contributed by atoms with Gasteiger partial charge in [-0.15, -0.1) is 0 Å². The molecule has 0 amide bonds.